The van der Waals surface area contributed by atoms with Gasteiger partial charge in [0.15, 0.2) is 0 Å². The quantitative estimate of drug-likeness (QED) is 0.860. The minimum atomic E-state index is -2.55. The van der Waals surface area contributed by atoms with Crippen LogP contribution in [0.5, 0.6) is 0 Å². The first-order valence-corrected chi connectivity index (χ1v) is 5.10. The number of halogens is 2. The highest BCUT2D eigenvalue weighted by Crippen LogP contribution is 2.49. The molecule has 0 aliphatic heterocycles. The minimum absolute atomic E-state index is 0.0648. The number of hydrogen-bond donors (Lipinski definition) is 1. The fourth-order valence-corrected chi connectivity index (χ4v) is 1.92. The van der Waals surface area contributed by atoms with Gasteiger partial charge in [-0.2, -0.15) is 0 Å². The molecule has 1 aromatic carbocycles. The van der Waals surface area contributed by atoms with E-state index in [1.807, 2.05) is 0 Å². The second-order valence-electron chi connectivity index (χ2n) is 4.26. The molecule has 0 saturated heterocycles. The lowest BCUT2D eigenvalue weighted by Gasteiger charge is -2.13. The van der Waals surface area contributed by atoms with Crippen molar-refractivity contribution in [2.45, 2.75) is 31.6 Å². The standard InChI is InChI=1S/C12H12F2O2/c1-7-2-3-8(6-9(7)10(13)14)12(4-5-12)11(15)16/h2-3,6,10H,4-5H2,1H3,(H,15,16). The number of carbonyl (C=O) groups is 1. The molecule has 1 saturated carbocycles. The summed E-state index contributed by atoms with van der Waals surface area (Å²) in [4.78, 5) is 11.1. The zero-order chi connectivity index (χ0) is 11.9. The van der Waals surface area contributed by atoms with Crippen molar-refractivity contribution >= 4 is 5.97 Å². The van der Waals surface area contributed by atoms with Crippen molar-refractivity contribution in [2.75, 3.05) is 0 Å². The normalized spacial score (nSPS) is 17.5. The second-order valence-corrected chi connectivity index (χ2v) is 4.26. The number of aryl methyl sites for hydroxylation is 1. The highest BCUT2D eigenvalue weighted by Gasteiger charge is 2.51. The molecule has 2 nitrogen and oxygen atoms in total. The van der Waals surface area contributed by atoms with Crippen LogP contribution in [0, 0.1) is 6.92 Å². The van der Waals surface area contributed by atoms with Gasteiger partial charge in [0.25, 0.3) is 6.43 Å². The molecule has 86 valence electrons. The molecule has 2 rings (SSSR count). The smallest absolute Gasteiger partial charge is 0.314 e. The van der Waals surface area contributed by atoms with Crippen molar-refractivity contribution in [1.29, 1.82) is 0 Å². The van der Waals surface area contributed by atoms with Crippen LogP contribution in [0.25, 0.3) is 0 Å². The zero-order valence-electron chi connectivity index (χ0n) is 8.84. The van der Waals surface area contributed by atoms with E-state index in [0.717, 1.165) is 0 Å². The Balaban J connectivity index is 2.44. The number of benzene rings is 1. The van der Waals surface area contributed by atoms with Gasteiger partial charge in [-0.3, -0.25) is 4.79 Å². The summed E-state index contributed by atoms with van der Waals surface area (Å²) in [5, 5.41) is 9.07. The van der Waals surface area contributed by atoms with Gasteiger partial charge in [0, 0.05) is 5.56 Å². The summed E-state index contributed by atoms with van der Waals surface area (Å²) < 4.78 is 25.3. The van der Waals surface area contributed by atoms with E-state index in [0.29, 0.717) is 24.0 Å². The SMILES string of the molecule is Cc1ccc(C2(C(=O)O)CC2)cc1C(F)F. The Morgan fingerprint density at radius 2 is 2.06 bits per heavy atom. The molecule has 0 unspecified atom stereocenters. The van der Waals surface area contributed by atoms with Crippen LogP contribution in [0.3, 0.4) is 0 Å². The Hall–Kier alpha value is -1.45. The summed E-state index contributed by atoms with van der Waals surface area (Å²) in [5.41, 5.74) is 0.0306. The van der Waals surface area contributed by atoms with Crippen molar-refractivity contribution in [2.24, 2.45) is 0 Å². The predicted molar refractivity (Wildman–Crippen MR) is 54.7 cm³/mol. The number of hydrogen-bond acceptors (Lipinski definition) is 1. The fourth-order valence-electron chi connectivity index (χ4n) is 1.92. The van der Waals surface area contributed by atoms with E-state index in [1.165, 1.54) is 6.07 Å². The Labute approximate surface area is 91.9 Å². The van der Waals surface area contributed by atoms with E-state index < -0.39 is 17.8 Å². The van der Waals surface area contributed by atoms with Crippen LogP contribution in [0.2, 0.25) is 0 Å². The molecular formula is C12H12F2O2. The average molecular weight is 226 g/mol. The van der Waals surface area contributed by atoms with Gasteiger partial charge in [-0.25, -0.2) is 8.78 Å². The molecule has 0 atom stereocenters. The summed E-state index contributed by atoms with van der Waals surface area (Å²) >= 11 is 0. The zero-order valence-corrected chi connectivity index (χ0v) is 8.84. The molecular weight excluding hydrogens is 214 g/mol. The number of carboxylic acid groups (broad SMARTS) is 1. The maximum atomic E-state index is 12.7. The van der Waals surface area contributed by atoms with Crippen molar-refractivity contribution < 1.29 is 18.7 Å². The first-order chi connectivity index (χ1) is 7.47. The van der Waals surface area contributed by atoms with Gasteiger partial charge in [-0.1, -0.05) is 12.1 Å². The summed E-state index contributed by atoms with van der Waals surface area (Å²) in [6.07, 6.45) is -1.48. The topological polar surface area (TPSA) is 37.3 Å². The van der Waals surface area contributed by atoms with Crippen LogP contribution >= 0.6 is 0 Å². The van der Waals surface area contributed by atoms with Crippen molar-refractivity contribution in [3.8, 4) is 0 Å². The fraction of sp³-hybridized carbons (Fsp3) is 0.417. The highest BCUT2D eigenvalue weighted by molar-refractivity contribution is 5.85. The summed E-state index contributed by atoms with van der Waals surface area (Å²) in [6, 6.07) is 4.54. The Morgan fingerprint density at radius 3 is 2.50 bits per heavy atom. The molecule has 1 aliphatic rings. The molecule has 0 heterocycles. The number of aliphatic carboxylic acids is 1. The molecule has 1 aromatic rings. The third-order valence-corrected chi connectivity index (χ3v) is 3.23. The van der Waals surface area contributed by atoms with E-state index in [9.17, 15) is 13.6 Å². The molecule has 1 aliphatic carbocycles. The molecule has 0 bridgehead atoms. The van der Waals surface area contributed by atoms with E-state index in [4.69, 9.17) is 5.11 Å². The van der Waals surface area contributed by atoms with E-state index in [2.05, 4.69) is 0 Å². The molecule has 16 heavy (non-hydrogen) atoms. The van der Waals surface area contributed by atoms with Crippen LogP contribution in [0.1, 0.15) is 36.0 Å². The third kappa shape index (κ3) is 1.58. The minimum Gasteiger partial charge on any atom is -0.481 e. The van der Waals surface area contributed by atoms with Gasteiger partial charge in [0.2, 0.25) is 0 Å². The molecule has 0 spiro atoms. The van der Waals surface area contributed by atoms with Crippen LogP contribution in [-0.4, -0.2) is 11.1 Å². The van der Waals surface area contributed by atoms with Gasteiger partial charge < -0.3 is 5.11 Å². The summed E-state index contributed by atoms with van der Waals surface area (Å²) in [6.45, 7) is 1.60. The molecule has 0 aromatic heterocycles. The largest absolute Gasteiger partial charge is 0.481 e. The highest BCUT2D eigenvalue weighted by atomic mass is 19.3. The van der Waals surface area contributed by atoms with Crippen LogP contribution in [0.4, 0.5) is 8.78 Å². The maximum Gasteiger partial charge on any atom is 0.314 e. The van der Waals surface area contributed by atoms with E-state index >= 15 is 0 Å². The molecule has 0 amide bonds. The van der Waals surface area contributed by atoms with Crippen molar-refractivity contribution in [3.63, 3.8) is 0 Å². The Bertz CT molecular complexity index is 437. The molecule has 1 fully saturated rings. The van der Waals surface area contributed by atoms with Gasteiger partial charge in [-0.05, 0) is 37.0 Å². The lowest BCUT2D eigenvalue weighted by molar-refractivity contribution is -0.140. The van der Waals surface area contributed by atoms with Crippen LogP contribution in [0.15, 0.2) is 18.2 Å². The van der Waals surface area contributed by atoms with Gasteiger partial charge in [0.05, 0.1) is 5.41 Å². The van der Waals surface area contributed by atoms with Gasteiger partial charge in [-0.15, -0.1) is 0 Å². The maximum absolute atomic E-state index is 12.7. The van der Waals surface area contributed by atoms with Gasteiger partial charge >= 0.3 is 5.97 Å². The molecule has 4 heteroatoms. The first kappa shape index (κ1) is 11.0. The Morgan fingerprint density at radius 1 is 1.44 bits per heavy atom. The second kappa shape index (κ2) is 3.54. The lowest BCUT2D eigenvalue weighted by atomic mass is 9.93. The molecule has 1 N–H and O–H groups in total. The number of carboxylic acids is 1. The summed E-state index contributed by atoms with van der Waals surface area (Å²) in [5.74, 6) is -0.920. The van der Waals surface area contributed by atoms with Crippen molar-refractivity contribution in [1.82, 2.24) is 0 Å². The Kier molecular flexibility index (Phi) is 2.45. The van der Waals surface area contributed by atoms with E-state index in [-0.39, 0.29) is 5.56 Å². The monoisotopic (exact) mass is 226 g/mol. The van der Waals surface area contributed by atoms with Crippen LogP contribution in [-0.2, 0) is 10.2 Å². The van der Waals surface area contributed by atoms with Crippen LogP contribution < -0.4 is 0 Å². The first-order valence-electron chi connectivity index (χ1n) is 5.10. The van der Waals surface area contributed by atoms with E-state index in [1.54, 1.807) is 19.1 Å². The third-order valence-electron chi connectivity index (χ3n) is 3.23. The number of rotatable bonds is 3. The van der Waals surface area contributed by atoms with Gasteiger partial charge in [0.1, 0.15) is 0 Å². The number of alkyl halides is 2. The molecule has 0 radical (unpaired) electrons. The average Bonchev–Trinajstić information content (AvgIpc) is 2.98. The summed E-state index contributed by atoms with van der Waals surface area (Å²) in [7, 11) is 0. The lowest BCUT2D eigenvalue weighted by Crippen LogP contribution is -2.19. The predicted octanol–water partition coefficient (Wildman–Crippen LogP) is 3.05. The van der Waals surface area contributed by atoms with Crippen molar-refractivity contribution in [3.05, 3.63) is 34.9 Å².